The molecule has 3 aromatic rings. The standard InChI is InChI=1S/C21H19FN6O3/c22-14-4-1-3-12(7-14)19-25-8-13(9-26-19)21(31)27-16-10-28(11-17(16)29)20-15(18(23)30)5-2-6-24-20/h1-9,16-17,29H,10-11H2,(H2,23,30)(H,27,31). The molecule has 1 fully saturated rings. The Labute approximate surface area is 176 Å². The second kappa shape index (κ2) is 8.44. The van der Waals surface area contributed by atoms with E-state index >= 15 is 0 Å². The predicted octanol–water partition coefficient (Wildman–Crippen LogP) is 0.756. The molecule has 1 saturated heterocycles. The molecule has 0 aliphatic carbocycles. The number of halogens is 1. The van der Waals surface area contributed by atoms with Crippen LogP contribution in [-0.2, 0) is 0 Å². The van der Waals surface area contributed by atoms with Gasteiger partial charge in [0.25, 0.3) is 11.8 Å². The number of hydrogen-bond donors (Lipinski definition) is 3. The summed E-state index contributed by atoms with van der Waals surface area (Å²) in [7, 11) is 0. The maximum Gasteiger partial charge on any atom is 0.254 e. The maximum atomic E-state index is 13.4. The normalized spacial score (nSPS) is 18.1. The lowest BCUT2D eigenvalue weighted by Crippen LogP contribution is -2.43. The van der Waals surface area contributed by atoms with Gasteiger partial charge in [-0.2, -0.15) is 0 Å². The minimum Gasteiger partial charge on any atom is -0.389 e. The van der Waals surface area contributed by atoms with E-state index in [1.54, 1.807) is 29.2 Å². The summed E-state index contributed by atoms with van der Waals surface area (Å²) in [6.45, 7) is 0.420. The van der Waals surface area contributed by atoms with Crippen molar-refractivity contribution >= 4 is 17.6 Å². The van der Waals surface area contributed by atoms with Crippen LogP contribution in [0.5, 0.6) is 0 Å². The summed E-state index contributed by atoms with van der Waals surface area (Å²) >= 11 is 0. The fourth-order valence-electron chi connectivity index (χ4n) is 3.42. The van der Waals surface area contributed by atoms with Crippen molar-refractivity contribution in [1.29, 1.82) is 0 Å². The van der Waals surface area contributed by atoms with E-state index in [4.69, 9.17) is 5.73 Å². The maximum absolute atomic E-state index is 13.4. The van der Waals surface area contributed by atoms with Gasteiger partial charge in [0, 0.05) is 37.2 Å². The molecular formula is C21H19FN6O3. The van der Waals surface area contributed by atoms with Crippen molar-refractivity contribution in [3.8, 4) is 11.4 Å². The van der Waals surface area contributed by atoms with E-state index in [0.29, 0.717) is 11.4 Å². The van der Waals surface area contributed by atoms with Crippen molar-refractivity contribution in [2.24, 2.45) is 5.73 Å². The van der Waals surface area contributed by atoms with Crippen LogP contribution in [0.3, 0.4) is 0 Å². The van der Waals surface area contributed by atoms with Gasteiger partial charge in [-0.3, -0.25) is 9.59 Å². The topological polar surface area (TPSA) is 134 Å². The highest BCUT2D eigenvalue weighted by atomic mass is 19.1. The lowest BCUT2D eigenvalue weighted by molar-refractivity contribution is 0.0887. The number of carbonyl (C=O) groups is 2. The number of carbonyl (C=O) groups excluding carboxylic acids is 2. The van der Waals surface area contributed by atoms with Crippen LogP contribution >= 0.6 is 0 Å². The van der Waals surface area contributed by atoms with E-state index in [9.17, 15) is 19.1 Å². The van der Waals surface area contributed by atoms with Crippen LogP contribution in [0.2, 0.25) is 0 Å². The number of nitrogens with zero attached hydrogens (tertiary/aromatic N) is 4. The van der Waals surface area contributed by atoms with Gasteiger partial charge in [-0.05, 0) is 24.3 Å². The van der Waals surface area contributed by atoms with E-state index in [1.807, 2.05) is 0 Å². The highest BCUT2D eigenvalue weighted by Gasteiger charge is 2.34. The van der Waals surface area contributed by atoms with Gasteiger partial charge in [0.15, 0.2) is 5.82 Å². The first-order valence-electron chi connectivity index (χ1n) is 9.49. The van der Waals surface area contributed by atoms with Gasteiger partial charge in [0.1, 0.15) is 11.6 Å². The van der Waals surface area contributed by atoms with Gasteiger partial charge < -0.3 is 21.1 Å². The van der Waals surface area contributed by atoms with Crippen LogP contribution in [0, 0.1) is 5.82 Å². The molecule has 1 aliphatic rings. The molecule has 31 heavy (non-hydrogen) atoms. The number of aromatic nitrogens is 3. The number of aliphatic hydroxyl groups is 1. The molecule has 2 aromatic heterocycles. The average Bonchev–Trinajstić information content (AvgIpc) is 3.14. The van der Waals surface area contributed by atoms with E-state index in [1.165, 1.54) is 30.7 Å². The Bertz CT molecular complexity index is 1120. The average molecular weight is 422 g/mol. The molecule has 4 N–H and O–H groups in total. The zero-order valence-electron chi connectivity index (χ0n) is 16.3. The molecule has 9 nitrogen and oxygen atoms in total. The summed E-state index contributed by atoms with van der Waals surface area (Å²) in [5, 5.41) is 13.1. The Kier molecular flexibility index (Phi) is 5.54. The molecule has 0 bridgehead atoms. The highest BCUT2D eigenvalue weighted by molar-refractivity contribution is 5.98. The number of hydrogen-bond acceptors (Lipinski definition) is 7. The van der Waals surface area contributed by atoms with Crippen molar-refractivity contribution in [3.63, 3.8) is 0 Å². The first-order valence-corrected chi connectivity index (χ1v) is 9.49. The van der Waals surface area contributed by atoms with Crippen LogP contribution in [0.25, 0.3) is 11.4 Å². The largest absolute Gasteiger partial charge is 0.389 e. The Morgan fingerprint density at radius 2 is 1.90 bits per heavy atom. The molecule has 4 rings (SSSR count). The lowest BCUT2D eigenvalue weighted by Gasteiger charge is -2.19. The second-order valence-corrected chi connectivity index (χ2v) is 7.10. The molecule has 2 atom stereocenters. The molecular weight excluding hydrogens is 403 g/mol. The molecule has 0 radical (unpaired) electrons. The number of β-amino-alcohol motifs (C(OH)–C–C–N with tert-alkyl or cyclic N) is 1. The van der Waals surface area contributed by atoms with E-state index < -0.39 is 29.8 Å². The quantitative estimate of drug-likeness (QED) is 0.552. The van der Waals surface area contributed by atoms with Crippen LogP contribution in [0.4, 0.5) is 10.2 Å². The van der Waals surface area contributed by atoms with Gasteiger partial charge in [-0.15, -0.1) is 0 Å². The zero-order chi connectivity index (χ0) is 22.0. The molecule has 158 valence electrons. The smallest absolute Gasteiger partial charge is 0.254 e. The summed E-state index contributed by atoms with van der Waals surface area (Å²) in [4.78, 5) is 38.4. The molecule has 1 aromatic carbocycles. The van der Waals surface area contributed by atoms with Crippen LogP contribution < -0.4 is 16.0 Å². The van der Waals surface area contributed by atoms with Crippen LogP contribution in [-0.4, -0.2) is 57.1 Å². The number of rotatable bonds is 5. The Morgan fingerprint density at radius 3 is 2.61 bits per heavy atom. The zero-order valence-corrected chi connectivity index (χ0v) is 16.3. The Hall–Kier alpha value is -3.92. The fraction of sp³-hybridized carbons (Fsp3) is 0.190. The number of aliphatic hydroxyl groups excluding tert-OH is 1. The highest BCUT2D eigenvalue weighted by Crippen LogP contribution is 2.22. The van der Waals surface area contributed by atoms with E-state index in [2.05, 4.69) is 20.3 Å². The first-order chi connectivity index (χ1) is 14.9. The molecule has 0 spiro atoms. The summed E-state index contributed by atoms with van der Waals surface area (Å²) in [6.07, 6.45) is 3.33. The number of primary amides is 1. The number of anilines is 1. The van der Waals surface area contributed by atoms with Crippen LogP contribution in [0.15, 0.2) is 55.0 Å². The van der Waals surface area contributed by atoms with Crippen molar-refractivity contribution in [2.45, 2.75) is 12.1 Å². The second-order valence-electron chi connectivity index (χ2n) is 7.10. The van der Waals surface area contributed by atoms with Crippen LogP contribution in [0.1, 0.15) is 20.7 Å². The van der Waals surface area contributed by atoms with Gasteiger partial charge in [-0.1, -0.05) is 12.1 Å². The number of pyridine rings is 1. The van der Waals surface area contributed by atoms with Gasteiger partial charge in [0.05, 0.1) is 23.3 Å². The van der Waals surface area contributed by atoms with Crippen molar-refractivity contribution < 1.29 is 19.1 Å². The summed E-state index contributed by atoms with van der Waals surface area (Å²) < 4.78 is 13.4. The molecule has 2 unspecified atom stereocenters. The van der Waals surface area contributed by atoms with Crippen molar-refractivity contribution in [2.75, 3.05) is 18.0 Å². The number of amides is 2. The summed E-state index contributed by atoms with van der Waals surface area (Å²) in [5.41, 5.74) is 6.33. The van der Waals surface area contributed by atoms with Gasteiger partial charge in [0.2, 0.25) is 0 Å². The summed E-state index contributed by atoms with van der Waals surface area (Å²) in [5.74, 6) is -0.852. The number of benzene rings is 1. The SMILES string of the molecule is NC(=O)c1cccnc1N1CC(O)C(NC(=O)c2cnc(-c3cccc(F)c3)nc2)C1. The third kappa shape index (κ3) is 4.33. The molecule has 0 saturated carbocycles. The number of nitrogens with two attached hydrogens (primary N) is 1. The van der Waals surface area contributed by atoms with Gasteiger partial charge in [-0.25, -0.2) is 19.3 Å². The minimum atomic E-state index is -0.876. The molecule has 1 aliphatic heterocycles. The van der Waals surface area contributed by atoms with Gasteiger partial charge >= 0.3 is 0 Å². The monoisotopic (exact) mass is 422 g/mol. The molecule has 10 heteroatoms. The first kappa shape index (κ1) is 20.4. The molecule has 2 amide bonds. The third-order valence-corrected chi connectivity index (χ3v) is 4.95. The van der Waals surface area contributed by atoms with Crippen molar-refractivity contribution in [3.05, 3.63) is 71.9 Å². The Morgan fingerprint density at radius 1 is 1.13 bits per heavy atom. The van der Waals surface area contributed by atoms with E-state index in [-0.39, 0.29) is 30.0 Å². The van der Waals surface area contributed by atoms with E-state index in [0.717, 1.165) is 0 Å². The lowest BCUT2D eigenvalue weighted by atomic mass is 10.2. The minimum absolute atomic E-state index is 0.178. The Balaban J connectivity index is 1.45. The number of nitrogens with one attached hydrogen (secondary N) is 1. The summed E-state index contributed by atoms with van der Waals surface area (Å²) in [6, 6.07) is 8.39. The van der Waals surface area contributed by atoms with Crippen molar-refractivity contribution in [1.82, 2.24) is 20.3 Å². The predicted molar refractivity (Wildman–Crippen MR) is 110 cm³/mol. The molecule has 3 heterocycles. The fourth-order valence-corrected chi connectivity index (χ4v) is 3.42. The third-order valence-electron chi connectivity index (χ3n) is 4.95.